The maximum absolute atomic E-state index is 11.9. The Hall–Kier alpha value is -2.87. The molecule has 3 rings (SSSR count). The first-order chi connectivity index (χ1) is 10.3. The fraction of sp³-hybridized carbons (Fsp3) is 0. The molecule has 0 radical (unpaired) electrons. The van der Waals surface area contributed by atoms with Crippen LogP contribution in [0.3, 0.4) is 0 Å². The second-order valence-corrected chi connectivity index (χ2v) is 5.00. The highest BCUT2D eigenvalue weighted by atomic mass is 32.1. The standard InChI is InChI=1S/C13H10N6OS/c20-13(16-14-8-12-2-1-7-21-12)10-3-5-11(6-4-10)19-9-15-17-18-19/h1-9H,(H,16,20)/b14-8+. The summed E-state index contributed by atoms with van der Waals surface area (Å²) in [5.41, 5.74) is 3.77. The van der Waals surface area contributed by atoms with E-state index in [1.54, 1.807) is 41.8 Å². The predicted molar refractivity (Wildman–Crippen MR) is 78.5 cm³/mol. The summed E-state index contributed by atoms with van der Waals surface area (Å²) in [6.07, 6.45) is 3.10. The first-order valence-corrected chi connectivity index (χ1v) is 6.91. The van der Waals surface area contributed by atoms with Crippen molar-refractivity contribution in [2.75, 3.05) is 0 Å². The zero-order valence-electron chi connectivity index (χ0n) is 10.7. The lowest BCUT2D eigenvalue weighted by Crippen LogP contribution is -2.17. The highest BCUT2D eigenvalue weighted by molar-refractivity contribution is 7.11. The molecule has 1 amide bonds. The van der Waals surface area contributed by atoms with E-state index >= 15 is 0 Å². The molecule has 3 aromatic rings. The van der Waals surface area contributed by atoms with Crippen molar-refractivity contribution >= 4 is 23.5 Å². The third kappa shape index (κ3) is 3.18. The molecule has 7 nitrogen and oxygen atoms in total. The van der Waals surface area contributed by atoms with E-state index < -0.39 is 0 Å². The number of tetrazole rings is 1. The lowest BCUT2D eigenvalue weighted by molar-refractivity contribution is 0.0955. The minimum absolute atomic E-state index is 0.272. The number of carbonyl (C=O) groups is 1. The Labute approximate surface area is 123 Å². The molecule has 8 heteroatoms. The summed E-state index contributed by atoms with van der Waals surface area (Å²) in [7, 11) is 0. The molecular formula is C13H10N6OS. The third-order valence-electron chi connectivity index (χ3n) is 2.64. The van der Waals surface area contributed by atoms with Crippen molar-refractivity contribution in [3.8, 4) is 5.69 Å². The summed E-state index contributed by atoms with van der Waals surface area (Å²) >= 11 is 1.55. The van der Waals surface area contributed by atoms with E-state index in [9.17, 15) is 4.79 Å². The highest BCUT2D eigenvalue weighted by Crippen LogP contribution is 2.08. The molecule has 0 aliphatic heterocycles. The number of nitrogens with zero attached hydrogens (tertiary/aromatic N) is 5. The van der Waals surface area contributed by atoms with Crippen LogP contribution < -0.4 is 5.43 Å². The molecule has 0 aliphatic rings. The number of amides is 1. The normalized spacial score (nSPS) is 10.9. The highest BCUT2D eigenvalue weighted by Gasteiger charge is 2.05. The van der Waals surface area contributed by atoms with Gasteiger partial charge in [-0.25, -0.2) is 10.1 Å². The van der Waals surface area contributed by atoms with Crippen LogP contribution in [-0.4, -0.2) is 32.3 Å². The second-order valence-electron chi connectivity index (χ2n) is 4.02. The van der Waals surface area contributed by atoms with Crippen LogP contribution in [0.1, 0.15) is 15.2 Å². The molecule has 0 bridgehead atoms. The number of thiophene rings is 1. The van der Waals surface area contributed by atoms with Crippen LogP contribution in [0.4, 0.5) is 0 Å². The second kappa shape index (κ2) is 6.06. The zero-order chi connectivity index (χ0) is 14.5. The van der Waals surface area contributed by atoms with Gasteiger partial charge in [-0.1, -0.05) is 6.07 Å². The average molecular weight is 298 g/mol. The Morgan fingerprint density at radius 2 is 2.14 bits per heavy atom. The number of hydrogen-bond donors (Lipinski definition) is 1. The van der Waals surface area contributed by atoms with Gasteiger partial charge in [-0.3, -0.25) is 4.79 Å². The molecule has 0 saturated heterocycles. The van der Waals surface area contributed by atoms with Gasteiger partial charge in [0.2, 0.25) is 0 Å². The van der Waals surface area contributed by atoms with Crippen LogP contribution in [0.2, 0.25) is 0 Å². The molecule has 0 unspecified atom stereocenters. The van der Waals surface area contributed by atoms with Gasteiger partial charge in [0.05, 0.1) is 11.9 Å². The topological polar surface area (TPSA) is 85.1 Å². The van der Waals surface area contributed by atoms with Crippen LogP contribution >= 0.6 is 11.3 Å². The maximum atomic E-state index is 11.9. The van der Waals surface area contributed by atoms with Crippen molar-refractivity contribution in [3.63, 3.8) is 0 Å². The van der Waals surface area contributed by atoms with E-state index in [2.05, 4.69) is 26.1 Å². The molecule has 0 atom stereocenters. The molecule has 1 N–H and O–H groups in total. The van der Waals surface area contributed by atoms with Crippen molar-refractivity contribution in [2.45, 2.75) is 0 Å². The number of nitrogens with one attached hydrogen (secondary N) is 1. The Morgan fingerprint density at radius 3 is 2.81 bits per heavy atom. The molecule has 21 heavy (non-hydrogen) atoms. The lowest BCUT2D eigenvalue weighted by atomic mass is 10.2. The van der Waals surface area contributed by atoms with Gasteiger partial charge in [0.1, 0.15) is 6.33 Å². The van der Waals surface area contributed by atoms with Gasteiger partial charge in [0.25, 0.3) is 5.91 Å². The van der Waals surface area contributed by atoms with Gasteiger partial charge in [-0.15, -0.1) is 16.4 Å². The smallest absolute Gasteiger partial charge is 0.267 e. The Bertz CT molecular complexity index is 734. The Balaban J connectivity index is 1.65. The van der Waals surface area contributed by atoms with Crippen molar-refractivity contribution in [1.29, 1.82) is 0 Å². The number of aromatic nitrogens is 4. The molecule has 0 saturated carbocycles. The first-order valence-electron chi connectivity index (χ1n) is 6.03. The fourth-order valence-corrected chi connectivity index (χ4v) is 2.21. The summed E-state index contributed by atoms with van der Waals surface area (Å²) in [6.45, 7) is 0. The summed E-state index contributed by atoms with van der Waals surface area (Å²) in [5.74, 6) is -0.272. The van der Waals surface area contributed by atoms with Crippen LogP contribution in [0.5, 0.6) is 0 Å². The lowest BCUT2D eigenvalue weighted by Gasteiger charge is -2.02. The van der Waals surface area contributed by atoms with E-state index in [0.717, 1.165) is 10.6 Å². The number of benzene rings is 1. The molecule has 2 aromatic heterocycles. The van der Waals surface area contributed by atoms with E-state index in [1.807, 2.05) is 17.5 Å². The van der Waals surface area contributed by atoms with Gasteiger partial charge in [0.15, 0.2) is 0 Å². The SMILES string of the molecule is O=C(N/N=C/c1cccs1)c1ccc(-n2cnnn2)cc1. The summed E-state index contributed by atoms with van der Waals surface area (Å²) < 4.78 is 1.51. The van der Waals surface area contributed by atoms with E-state index in [4.69, 9.17) is 0 Å². The summed E-state index contributed by atoms with van der Waals surface area (Å²) in [6, 6.07) is 10.7. The Kier molecular flexibility index (Phi) is 3.79. The minimum atomic E-state index is -0.272. The van der Waals surface area contributed by atoms with Crippen molar-refractivity contribution in [1.82, 2.24) is 25.6 Å². The van der Waals surface area contributed by atoms with E-state index in [-0.39, 0.29) is 5.91 Å². The minimum Gasteiger partial charge on any atom is -0.267 e. The largest absolute Gasteiger partial charge is 0.271 e. The van der Waals surface area contributed by atoms with Crippen LogP contribution in [0.25, 0.3) is 5.69 Å². The Morgan fingerprint density at radius 1 is 1.29 bits per heavy atom. The molecule has 2 heterocycles. The molecule has 1 aromatic carbocycles. The van der Waals surface area contributed by atoms with Gasteiger partial charge in [0, 0.05) is 10.4 Å². The monoisotopic (exact) mass is 298 g/mol. The summed E-state index contributed by atoms with van der Waals surface area (Å²) in [5, 5.41) is 16.7. The number of hydrazone groups is 1. The van der Waals surface area contributed by atoms with Gasteiger partial charge in [-0.05, 0) is 46.1 Å². The van der Waals surface area contributed by atoms with Gasteiger partial charge >= 0.3 is 0 Å². The molecule has 0 spiro atoms. The van der Waals surface area contributed by atoms with Crippen LogP contribution in [0.15, 0.2) is 53.2 Å². The van der Waals surface area contributed by atoms with Gasteiger partial charge in [-0.2, -0.15) is 5.10 Å². The number of rotatable bonds is 4. The number of carbonyl (C=O) groups excluding carboxylic acids is 1. The average Bonchev–Trinajstić information content (AvgIpc) is 3.21. The maximum Gasteiger partial charge on any atom is 0.271 e. The third-order valence-corrected chi connectivity index (χ3v) is 3.45. The van der Waals surface area contributed by atoms with Crippen molar-refractivity contribution < 1.29 is 4.79 Å². The molecule has 0 aliphatic carbocycles. The van der Waals surface area contributed by atoms with E-state index in [1.165, 1.54) is 11.0 Å². The van der Waals surface area contributed by atoms with Crippen LogP contribution in [-0.2, 0) is 0 Å². The molecule has 104 valence electrons. The van der Waals surface area contributed by atoms with Crippen molar-refractivity contribution in [3.05, 3.63) is 58.5 Å². The quantitative estimate of drug-likeness (QED) is 0.584. The fourth-order valence-electron chi connectivity index (χ4n) is 1.63. The summed E-state index contributed by atoms with van der Waals surface area (Å²) in [4.78, 5) is 12.9. The zero-order valence-corrected chi connectivity index (χ0v) is 11.6. The number of hydrogen-bond acceptors (Lipinski definition) is 6. The predicted octanol–water partition coefficient (Wildman–Crippen LogP) is 1.49. The van der Waals surface area contributed by atoms with Crippen molar-refractivity contribution in [2.24, 2.45) is 5.10 Å². The molecular weight excluding hydrogens is 288 g/mol. The van der Waals surface area contributed by atoms with E-state index in [0.29, 0.717) is 5.56 Å². The van der Waals surface area contributed by atoms with Crippen LogP contribution in [0, 0.1) is 0 Å². The molecule has 0 fully saturated rings. The van der Waals surface area contributed by atoms with Gasteiger partial charge < -0.3 is 0 Å². The first kappa shape index (κ1) is 13.1.